The van der Waals surface area contributed by atoms with E-state index < -0.39 is 47.4 Å². The van der Waals surface area contributed by atoms with Crippen molar-refractivity contribution in [2.24, 2.45) is 5.73 Å². The molecule has 2 aromatic rings. The molecule has 0 unspecified atom stereocenters. The normalized spacial score (nSPS) is 16.0. The highest BCUT2D eigenvalue weighted by Gasteiger charge is 2.36. The Kier molecular flexibility index (Phi) is 5.12. The summed E-state index contributed by atoms with van der Waals surface area (Å²) in [5.74, 6) is -1.41. The van der Waals surface area contributed by atoms with Gasteiger partial charge in [0.25, 0.3) is 11.5 Å². The number of nitrogens with one attached hydrogen (secondary N) is 1. The van der Waals surface area contributed by atoms with Crippen LogP contribution in [0.25, 0.3) is 0 Å². The number of halogens is 3. The molecule has 3 N–H and O–H groups in total. The summed E-state index contributed by atoms with van der Waals surface area (Å²) in [6.45, 7) is -0.582. The molecule has 7 nitrogen and oxygen atoms in total. The molecule has 0 bridgehead atoms. The van der Waals surface area contributed by atoms with Crippen LogP contribution in [0.5, 0.6) is 5.75 Å². The second-order valence-electron chi connectivity index (χ2n) is 6.18. The average molecular weight is 395 g/mol. The summed E-state index contributed by atoms with van der Waals surface area (Å²) in [5.41, 5.74) is 2.48. The van der Waals surface area contributed by atoms with Gasteiger partial charge in [-0.05, 0) is 18.2 Å². The summed E-state index contributed by atoms with van der Waals surface area (Å²) in [7, 11) is 0. The average Bonchev–Trinajstić information content (AvgIpc) is 2.62. The van der Waals surface area contributed by atoms with Crippen LogP contribution in [-0.2, 0) is 17.5 Å². The molecule has 1 aliphatic heterocycles. The predicted octanol–water partition coefficient (Wildman–Crippen LogP) is 1.61. The lowest BCUT2D eigenvalue weighted by atomic mass is 10.0. The third-order valence-electron chi connectivity index (χ3n) is 4.33. The number of para-hydroxylation sites is 1. The largest absolute Gasteiger partial charge is 0.493 e. The van der Waals surface area contributed by atoms with Crippen molar-refractivity contribution in [2.75, 3.05) is 6.61 Å². The van der Waals surface area contributed by atoms with E-state index in [2.05, 4.69) is 5.32 Å². The molecule has 1 aromatic heterocycles. The Bertz CT molecular complexity index is 985. The third kappa shape index (κ3) is 3.85. The molecule has 0 saturated heterocycles. The van der Waals surface area contributed by atoms with Gasteiger partial charge in [0.05, 0.1) is 12.6 Å². The van der Waals surface area contributed by atoms with Crippen molar-refractivity contribution in [3.05, 3.63) is 63.6 Å². The third-order valence-corrected chi connectivity index (χ3v) is 4.33. The van der Waals surface area contributed by atoms with Crippen molar-refractivity contribution in [1.29, 1.82) is 0 Å². The van der Waals surface area contributed by atoms with E-state index in [1.807, 2.05) is 0 Å². The minimum atomic E-state index is -4.89. The Morgan fingerprint density at radius 1 is 1.21 bits per heavy atom. The van der Waals surface area contributed by atoms with Crippen molar-refractivity contribution in [3.63, 3.8) is 0 Å². The second-order valence-corrected chi connectivity index (χ2v) is 6.18. The number of benzene rings is 1. The molecule has 0 fully saturated rings. The zero-order chi connectivity index (χ0) is 20.5. The quantitative estimate of drug-likeness (QED) is 0.821. The molecule has 1 atom stereocenters. The van der Waals surface area contributed by atoms with Crippen LogP contribution in [-0.4, -0.2) is 23.0 Å². The summed E-state index contributed by atoms with van der Waals surface area (Å²) in [4.78, 5) is 36.0. The minimum absolute atomic E-state index is 0.209. The second kappa shape index (κ2) is 7.37. The number of rotatable bonds is 4. The topological polar surface area (TPSA) is 103 Å². The molecule has 10 heteroatoms. The lowest BCUT2D eigenvalue weighted by Gasteiger charge is -2.27. The van der Waals surface area contributed by atoms with E-state index in [1.165, 1.54) is 0 Å². The van der Waals surface area contributed by atoms with Gasteiger partial charge in [-0.2, -0.15) is 13.2 Å². The van der Waals surface area contributed by atoms with Crippen LogP contribution in [0.3, 0.4) is 0 Å². The highest BCUT2D eigenvalue weighted by atomic mass is 19.4. The number of alkyl halides is 3. The Morgan fingerprint density at radius 3 is 2.61 bits per heavy atom. The van der Waals surface area contributed by atoms with E-state index in [0.717, 1.165) is 0 Å². The number of carbonyl (C=O) groups excluding carboxylic acids is 2. The molecule has 0 saturated carbocycles. The zero-order valence-electron chi connectivity index (χ0n) is 14.5. The van der Waals surface area contributed by atoms with Crippen molar-refractivity contribution in [2.45, 2.75) is 25.2 Å². The van der Waals surface area contributed by atoms with Crippen molar-refractivity contribution < 1.29 is 27.5 Å². The number of pyridine rings is 1. The van der Waals surface area contributed by atoms with E-state index in [-0.39, 0.29) is 4.57 Å². The van der Waals surface area contributed by atoms with Gasteiger partial charge in [-0.1, -0.05) is 18.2 Å². The van der Waals surface area contributed by atoms with Gasteiger partial charge in [0.1, 0.15) is 23.6 Å². The number of amides is 2. The Hall–Kier alpha value is -3.30. The van der Waals surface area contributed by atoms with Gasteiger partial charge < -0.3 is 15.8 Å². The Morgan fingerprint density at radius 2 is 1.93 bits per heavy atom. The van der Waals surface area contributed by atoms with Crippen LogP contribution in [0.4, 0.5) is 13.2 Å². The van der Waals surface area contributed by atoms with Gasteiger partial charge in [0.15, 0.2) is 0 Å². The molecule has 0 radical (unpaired) electrons. The minimum Gasteiger partial charge on any atom is -0.493 e. The molecule has 28 heavy (non-hydrogen) atoms. The number of fused-ring (bicyclic) bond motifs is 1. The first-order chi connectivity index (χ1) is 13.2. The summed E-state index contributed by atoms with van der Waals surface area (Å²) in [6, 6.07) is 7.75. The number of hydrogen-bond donors (Lipinski definition) is 2. The van der Waals surface area contributed by atoms with Gasteiger partial charge in [-0.15, -0.1) is 0 Å². The summed E-state index contributed by atoms with van der Waals surface area (Å²) in [5, 5.41) is 2.62. The maximum atomic E-state index is 13.2. The fourth-order valence-electron chi connectivity index (χ4n) is 3.05. The van der Waals surface area contributed by atoms with Crippen LogP contribution in [0.15, 0.2) is 41.2 Å². The van der Waals surface area contributed by atoms with E-state index in [1.54, 1.807) is 24.3 Å². The summed E-state index contributed by atoms with van der Waals surface area (Å²) < 4.78 is 45.4. The highest BCUT2D eigenvalue weighted by Crippen LogP contribution is 2.32. The van der Waals surface area contributed by atoms with E-state index in [9.17, 15) is 27.6 Å². The van der Waals surface area contributed by atoms with Crippen molar-refractivity contribution >= 4 is 11.8 Å². The zero-order valence-corrected chi connectivity index (χ0v) is 14.5. The fraction of sp³-hybridized carbons (Fsp3) is 0.278. The molecule has 148 valence electrons. The van der Waals surface area contributed by atoms with Gasteiger partial charge in [-0.25, -0.2) is 0 Å². The molecule has 0 aliphatic carbocycles. The first-order valence-corrected chi connectivity index (χ1v) is 8.30. The maximum absolute atomic E-state index is 13.2. The van der Waals surface area contributed by atoms with Gasteiger partial charge in [0, 0.05) is 12.0 Å². The van der Waals surface area contributed by atoms with E-state index in [0.29, 0.717) is 36.5 Å². The Labute approximate surface area is 156 Å². The molecule has 2 amide bonds. The van der Waals surface area contributed by atoms with Crippen molar-refractivity contribution in [3.8, 4) is 5.75 Å². The number of primary amides is 1. The van der Waals surface area contributed by atoms with Crippen molar-refractivity contribution in [1.82, 2.24) is 9.88 Å². The maximum Gasteiger partial charge on any atom is 0.431 e. The molecule has 0 spiro atoms. The van der Waals surface area contributed by atoms with E-state index >= 15 is 0 Å². The van der Waals surface area contributed by atoms with Crippen LogP contribution in [0.2, 0.25) is 0 Å². The summed E-state index contributed by atoms with van der Waals surface area (Å²) in [6.07, 6.45) is -4.47. The van der Waals surface area contributed by atoms with Crippen LogP contribution >= 0.6 is 0 Å². The number of aromatic nitrogens is 1. The molecular formula is C18H16F3N3O4. The highest BCUT2D eigenvalue weighted by molar-refractivity contribution is 5.92. The number of nitrogens with two attached hydrogens (primary N) is 1. The lowest BCUT2D eigenvalue weighted by molar-refractivity contribution is -0.144. The van der Waals surface area contributed by atoms with Crippen LogP contribution in [0, 0.1) is 0 Å². The van der Waals surface area contributed by atoms with Crippen LogP contribution in [0.1, 0.15) is 34.1 Å². The number of hydrogen-bond acceptors (Lipinski definition) is 4. The van der Waals surface area contributed by atoms with Gasteiger partial charge in [0.2, 0.25) is 5.91 Å². The lowest BCUT2D eigenvalue weighted by Crippen LogP contribution is -2.40. The standard InChI is InChI=1S/C18H16F3N3O4/c19-18(20,21)14-6-5-11(16(22)26)17(27)24(14)9-15(25)23-12-7-8-28-13-4-2-1-3-10(12)13/h1-6,12H,7-9H2,(H2,22,26)(H,23,25)/t12-/m0/s1. The van der Waals surface area contributed by atoms with Crippen LogP contribution < -0.4 is 21.3 Å². The number of carbonyl (C=O) groups is 2. The molecule has 1 aromatic carbocycles. The SMILES string of the molecule is NC(=O)c1ccc(C(F)(F)F)n(CC(=O)N[C@H]2CCOc3ccccc32)c1=O. The van der Waals surface area contributed by atoms with Gasteiger partial charge >= 0.3 is 6.18 Å². The Balaban J connectivity index is 1.89. The predicted molar refractivity (Wildman–Crippen MR) is 91.7 cm³/mol. The fourth-order valence-corrected chi connectivity index (χ4v) is 3.05. The van der Waals surface area contributed by atoms with E-state index in [4.69, 9.17) is 10.5 Å². The first-order valence-electron chi connectivity index (χ1n) is 8.30. The molecular weight excluding hydrogens is 379 g/mol. The number of ether oxygens (including phenoxy) is 1. The number of nitrogens with zero attached hydrogens (tertiary/aromatic N) is 1. The monoisotopic (exact) mass is 395 g/mol. The van der Waals surface area contributed by atoms with Gasteiger partial charge in [-0.3, -0.25) is 19.0 Å². The summed E-state index contributed by atoms with van der Waals surface area (Å²) >= 11 is 0. The molecule has 2 heterocycles. The molecule has 3 rings (SSSR count). The molecule has 1 aliphatic rings. The smallest absolute Gasteiger partial charge is 0.431 e. The first kappa shape index (κ1) is 19.5.